The summed E-state index contributed by atoms with van der Waals surface area (Å²) in [7, 11) is 0. The molecule has 0 spiro atoms. The van der Waals surface area contributed by atoms with Crippen LogP contribution in [0.25, 0.3) is 0 Å². The van der Waals surface area contributed by atoms with Gasteiger partial charge < -0.3 is 16.0 Å². The van der Waals surface area contributed by atoms with Gasteiger partial charge >= 0.3 is 6.03 Å². The molecule has 0 aromatic carbocycles. The molecule has 2 heterocycles. The molecule has 3 N–H and O–H groups in total. The molecule has 2 bridgehead atoms. The second-order valence-corrected chi connectivity index (χ2v) is 10.4. The third-order valence-electron chi connectivity index (χ3n) is 7.44. The van der Waals surface area contributed by atoms with E-state index in [-0.39, 0.29) is 34.7 Å². The van der Waals surface area contributed by atoms with Crippen LogP contribution in [0.1, 0.15) is 39.2 Å². The molecule has 5 rings (SSSR count). The van der Waals surface area contributed by atoms with Crippen molar-refractivity contribution in [2.45, 2.75) is 52.7 Å². The number of halogens is 1. The number of amides is 3. The van der Waals surface area contributed by atoms with Crippen molar-refractivity contribution >= 4 is 33.6 Å². The number of fused-ring (bicyclic) bond motifs is 2. The molecule has 0 saturated heterocycles. The van der Waals surface area contributed by atoms with E-state index in [1.54, 1.807) is 24.5 Å². The smallest absolute Gasteiger partial charge is 0.319 e. The zero-order valence-corrected chi connectivity index (χ0v) is 20.6. The SMILES string of the molecule is C[C@H]1[C@H](NC(=O)Nc2cnn(CC(=O)NCc3ccncc3)c(=O)c2Br)C[C@H]2C[C@@H]1C2(C)C. The molecule has 3 fully saturated rings. The van der Waals surface area contributed by atoms with Crippen molar-refractivity contribution < 1.29 is 9.59 Å². The predicted molar refractivity (Wildman–Crippen MR) is 127 cm³/mol. The lowest BCUT2D eigenvalue weighted by Gasteiger charge is -2.62. The molecule has 0 aliphatic heterocycles. The molecule has 9 nitrogen and oxygen atoms in total. The minimum atomic E-state index is -0.499. The first kappa shape index (κ1) is 23.4. The first-order chi connectivity index (χ1) is 15.7. The van der Waals surface area contributed by atoms with Gasteiger partial charge in [-0.15, -0.1) is 0 Å². The van der Waals surface area contributed by atoms with Crippen molar-refractivity contribution in [2.75, 3.05) is 5.32 Å². The second kappa shape index (κ2) is 9.24. The molecule has 4 atom stereocenters. The average Bonchev–Trinajstić information content (AvgIpc) is 2.79. The topological polar surface area (TPSA) is 118 Å². The van der Waals surface area contributed by atoms with E-state index in [1.165, 1.54) is 12.6 Å². The van der Waals surface area contributed by atoms with Crippen LogP contribution >= 0.6 is 15.9 Å². The van der Waals surface area contributed by atoms with Crippen molar-refractivity contribution in [1.82, 2.24) is 25.4 Å². The van der Waals surface area contributed by atoms with E-state index in [2.05, 4.69) is 62.7 Å². The van der Waals surface area contributed by atoms with Crippen LogP contribution in [0.5, 0.6) is 0 Å². The summed E-state index contributed by atoms with van der Waals surface area (Å²) >= 11 is 3.24. The maximum Gasteiger partial charge on any atom is 0.319 e. The van der Waals surface area contributed by atoms with E-state index in [0.717, 1.165) is 16.7 Å². The number of anilines is 1. The van der Waals surface area contributed by atoms with Crippen molar-refractivity contribution in [2.24, 2.45) is 23.2 Å². The van der Waals surface area contributed by atoms with Gasteiger partial charge in [0.1, 0.15) is 11.0 Å². The van der Waals surface area contributed by atoms with E-state index in [9.17, 15) is 14.4 Å². The number of carbonyl (C=O) groups excluding carboxylic acids is 2. The summed E-state index contributed by atoms with van der Waals surface area (Å²) in [6.45, 7) is 6.93. The molecule has 33 heavy (non-hydrogen) atoms. The molecule has 2 aromatic rings. The van der Waals surface area contributed by atoms with Crippen LogP contribution in [0.15, 0.2) is 40.0 Å². The summed E-state index contributed by atoms with van der Waals surface area (Å²) in [4.78, 5) is 41.4. The van der Waals surface area contributed by atoms with Crippen molar-refractivity contribution in [1.29, 1.82) is 0 Å². The number of hydrogen-bond acceptors (Lipinski definition) is 5. The Kier molecular flexibility index (Phi) is 6.56. The number of aromatic nitrogens is 3. The van der Waals surface area contributed by atoms with Crippen LogP contribution in [0.3, 0.4) is 0 Å². The lowest BCUT2D eigenvalue weighted by molar-refractivity contribution is -0.122. The van der Waals surface area contributed by atoms with Gasteiger partial charge in [0, 0.05) is 25.0 Å². The van der Waals surface area contributed by atoms with Gasteiger partial charge in [0.25, 0.3) is 5.56 Å². The van der Waals surface area contributed by atoms with Crippen molar-refractivity contribution in [3.8, 4) is 0 Å². The number of nitrogens with zero attached hydrogens (tertiary/aromatic N) is 3. The summed E-state index contributed by atoms with van der Waals surface area (Å²) in [5, 5.41) is 12.6. The molecule has 10 heteroatoms. The molecule has 0 radical (unpaired) electrons. The number of nitrogens with one attached hydrogen (secondary N) is 3. The van der Waals surface area contributed by atoms with Gasteiger partial charge in [0.05, 0.1) is 11.9 Å². The summed E-state index contributed by atoms with van der Waals surface area (Å²) in [5.74, 6) is 1.30. The largest absolute Gasteiger partial charge is 0.350 e. The van der Waals surface area contributed by atoms with Gasteiger partial charge in [-0.3, -0.25) is 14.6 Å². The normalized spacial score (nSPS) is 25.0. The average molecular weight is 517 g/mol. The van der Waals surface area contributed by atoms with Crippen molar-refractivity contribution in [3.05, 3.63) is 51.1 Å². The summed E-state index contributed by atoms with van der Waals surface area (Å²) in [6.07, 6.45) is 6.85. The third kappa shape index (κ3) is 4.80. The van der Waals surface area contributed by atoms with Crippen LogP contribution in [0.2, 0.25) is 0 Å². The molecule has 2 aromatic heterocycles. The fourth-order valence-electron chi connectivity index (χ4n) is 5.23. The van der Waals surface area contributed by atoms with E-state index < -0.39 is 5.56 Å². The molecule has 176 valence electrons. The zero-order chi connectivity index (χ0) is 23.8. The Morgan fingerprint density at radius 1 is 1.24 bits per heavy atom. The van der Waals surface area contributed by atoms with E-state index in [0.29, 0.717) is 29.7 Å². The van der Waals surface area contributed by atoms with E-state index in [1.807, 2.05) is 0 Å². The highest BCUT2D eigenvalue weighted by atomic mass is 79.9. The van der Waals surface area contributed by atoms with Crippen LogP contribution in [0, 0.1) is 23.2 Å². The standard InChI is InChI=1S/C23H29BrN6O3/c1-13-16-8-15(23(16,2)3)9-17(13)28-22(33)29-18-11-27-30(21(32)20(18)24)12-19(31)26-10-14-4-6-25-7-5-14/h4-7,11,13,15-17H,8-10,12H2,1-3H3,(H,26,31)(H2,28,29,33)/t13-,15-,16+,17-/m1/s1. The van der Waals surface area contributed by atoms with Gasteiger partial charge in [0.15, 0.2) is 0 Å². The summed E-state index contributed by atoms with van der Waals surface area (Å²) in [6, 6.07) is 3.34. The Hall–Kier alpha value is -2.75. The summed E-state index contributed by atoms with van der Waals surface area (Å²) in [5.41, 5.74) is 1.01. The van der Waals surface area contributed by atoms with Gasteiger partial charge in [-0.1, -0.05) is 20.8 Å². The van der Waals surface area contributed by atoms with Crippen molar-refractivity contribution in [3.63, 3.8) is 0 Å². The van der Waals surface area contributed by atoms with Crippen LogP contribution < -0.4 is 21.5 Å². The van der Waals surface area contributed by atoms with Crippen LogP contribution in [0.4, 0.5) is 10.5 Å². The fourth-order valence-corrected chi connectivity index (χ4v) is 5.63. The highest BCUT2D eigenvalue weighted by molar-refractivity contribution is 9.10. The number of rotatable bonds is 6. The Morgan fingerprint density at radius 2 is 1.97 bits per heavy atom. The van der Waals surface area contributed by atoms with E-state index >= 15 is 0 Å². The highest BCUT2D eigenvalue weighted by Crippen LogP contribution is 2.61. The summed E-state index contributed by atoms with van der Waals surface area (Å²) < 4.78 is 1.20. The molecule has 0 unspecified atom stereocenters. The molecule has 3 amide bonds. The third-order valence-corrected chi connectivity index (χ3v) is 8.20. The van der Waals surface area contributed by atoms with Gasteiger partial charge in [0.2, 0.25) is 5.91 Å². The molecular weight excluding hydrogens is 488 g/mol. The van der Waals surface area contributed by atoms with Crippen LogP contribution in [-0.2, 0) is 17.9 Å². The minimum Gasteiger partial charge on any atom is -0.350 e. The quantitative estimate of drug-likeness (QED) is 0.545. The zero-order valence-electron chi connectivity index (χ0n) is 19.0. The maximum atomic E-state index is 12.6. The molecule has 3 aliphatic rings. The highest BCUT2D eigenvalue weighted by Gasteiger charge is 2.56. The Labute approximate surface area is 200 Å². The number of hydrogen-bond donors (Lipinski definition) is 3. The predicted octanol–water partition coefficient (Wildman–Crippen LogP) is 2.91. The van der Waals surface area contributed by atoms with Gasteiger partial charge in [-0.2, -0.15) is 5.10 Å². The lowest BCUT2D eigenvalue weighted by atomic mass is 9.45. The first-order valence-electron chi connectivity index (χ1n) is 11.2. The Bertz CT molecular complexity index is 1100. The van der Waals surface area contributed by atoms with Crippen LogP contribution in [-0.4, -0.2) is 32.7 Å². The molecule has 3 saturated carbocycles. The second-order valence-electron chi connectivity index (χ2n) is 9.63. The van der Waals surface area contributed by atoms with E-state index in [4.69, 9.17) is 0 Å². The minimum absolute atomic E-state index is 0.109. The number of pyridine rings is 1. The first-order valence-corrected chi connectivity index (χ1v) is 11.9. The fraction of sp³-hybridized carbons (Fsp3) is 0.522. The maximum absolute atomic E-state index is 12.6. The monoisotopic (exact) mass is 516 g/mol. The number of urea groups is 1. The number of carbonyl (C=O) groups is 2. The molecule has 3 aliphatic carbocycles. The molecular formula is C23H29BrN6O3. The Balaban J connectivity index is 1.33. The van der Waals surface area contributed by atoms with Gasteiger partial charge in [-0.25, -0.2) is 9.48 Å². The Morgan fingerprint density at radius 3 is 2.64 bits per heavy atom. The lowest BCUT2D eigenvalue weighted by Crippen LogP contribution is -2.61. The van der Waals surface area contributed by atoms with Gasteiger partial charge in [-0.05, 0) is 69.6 Å².